The van der Waals surface area contributed by atoms with Gasteiger partial charge in [0, 0.05) is 50.2 Å². The number of nitrogens with zero attached hydrogens (tertiary/aromatic N) is 5. The molecule has 0 aliphatic carbocycles. The van der Waals surface area contributed by atoms with Gasteiger partial charge in [-0.1, -0.05) is 6.92 Å². The molecule has 0 spiro atoms. The van der Waals surface area contributed by atoms with Gasteiger partial charge in [0.15, 0.2) is 11.6 Å². The van der Waals surface area contributed by atoms with Crippen molar-refractivity contribution in [2.75, 3.05) is 36.0 Å². The molecule has 2 aliphatic heterocycles. The van der Waals surface area contributed by atoms with E-state index in [0.29, 0.717) is 0 Å². The quantitative estimate of drug-likeness (QED) is 0.830. The normalized spacial score (nSPS) is 20.8. The lowest BCUT2D eigenvalue weighted by Gasteiger charge is -2.22. The van der Waals surface area contributed by atoms with Crippen molar-refractivity contribution in [3.63, 3.8) is 0 Å². The Morgan fingerprint density at radius 1 is 1.25 bits per heavy atom. The van der Waals surface area contributed by atoms with Gasteiger partial charge in [0.1, 0.15) is 11.9 Å². The van der Waals surface area contributed by atoms with Crippen LogP contribution in [0.2, 0.25) is 0 Å². The van der Waals surface area contributed by atoms with Gasteiger partial charge in [-0.05, 0) is 25.0 Å². The Labute approximate surface area is 146 Å². The van der Waals surface area contributed by atoms with E-state index in [4.69, 9.17) is 4.74 Å². The number of ether oxygens (including phenoxy) is 1. The Morgan fingerprint density at radius 3 is 2.92 bits per heavy atom. The summed E-state index contributed by atoms with van der Waals surface area (Å²) in [5.74, 6) is 2.85. The third-order valence-corrected chi connectivity index (χ3v) is 5.45. The Kier molecular flexibility index (Phi) is 4.51. The summed E-state index contributed by atoms with van der Waals surface area (Å²) < 4.78 is 10.7. The van der Waals surface area contributed by atoms with Gasteiger partial charge in [0.05, 0.1) is 6.54 Å². The van der Waals surface area contributed by atoms with Crippen molar-refractivity contribution in [3.8, 4) is 5.75 Å². The Bertz CT molecular complexity index is 685. The van der Waals surface area contributed by atoms with Gasteiger partial charge in [-0.15, -0.1) is 0 Å². The minimum atomic E-state index is 0.185. The lowest BCUT2D eigenvalue weighted by Crippen LogP contribution is -2.26. The van der Waals surface area contributed by atoms with Gasteiger partial charge < -0.3 is 14.5 Å². The van der Waals surface area contributed by atoms with Gasteiger partial charge in [0.25, 0.3) is 0 Å². The van der Waals surface area contributed by atoms with Crippen molar-refractivity contribution in [2.45, 2.75) is 38.7 Å². The molecule has 2 saturated heterocycles. The molecule has 0 amide bonds. The SMILES string of the molecule is CCc1nsc(N2CCC(Oc3cccnc3N3CCCC3)C2)n1. The summed E-state index contributed by atoms with van der Waals surface area (Å²) in [6.07, 6.45) is 6.42. The summed E-state index contributed by atoms with van der Waals surface area (Å²) in [6, 6.07) is 4.00. The molecule has 0 bridgehead atoms. The highest BCUT2D eigenvalue weighted by Crippen LogP contribution is 2.31. The molecule has 0 radical (unpaired) electrons. The first-order valence-electron chi connectivity index (χ1n) is 8.77. The van der Waals surface area contributed by atoms with Crippen molar-refractivity contribution in [1.82, 2.24) is 14.3 Å². The number of hydrogen-bond acceptors (Lipinski definition) is 7. The molecule has 6 nitrogen and oxygen atoms in total. The largest absolute Gasteiger partial charge is 0.485 e. The van der Waals surface area contributed by atoms with E-state index < -0.39 is 0 Å². The third-order valence-electron chi connectivity index (χ3n) is 4.64. The molecule has 128 valence electrons. The second-order valence-corrected chi connectivity index (χ2v) is 7.07. The molecule has 0 N–H and O–H groups in total. The van der Waals surface area contributed by atoms with Gasteiger partial charge in [-0.25, -0.2) is 9.97 Å². The molecule has 4 heterocycles. The highest BCUT2D eigenvalue weighted by atomic mass is 32.1. The summed E-state index contributed by atoms with van der Waals surface area (Å²) in [6.45, 7) is 6.09. The highest BCUT2D eigenvalue weighted by Gasteiger charge is 2.28. The van der Waals surface area contributed by atoms with E-state index in [1.807, 2.05) is 18.3 Å². The van der Waals surface area contributed by atoms with Crippen LogP contribution in [0.3, 0.4) is 0 Å². The monoisotopic (exact) mass is 345 g/mol. The van der Waals surface area contributed by atoms with Crippen LogP contribution in [0.25, 0.3) is 0 Å². The van der Waals surface area contributed by atoms with Crippen LogP contribution in [-0.4, -0.2) is 46.6 Å². The first-order chi connectivity index (χ1) is 11.8. The Hall–Kier alpha value is -1.89. The van der Waals surface area contributed by atoms with E-state index in [2.05, 4.69) is 31.1 Å². The fourth-order valence-corrected chi connectivity index (χ4v) is 4.12. The van der Waals surface area contributed by atoms with Crippen molar-refractivity contribution in [2.24, 2.45) is 0 Å². The van der Waals surface area contributed by atoms with E-state index >= 15 is 0 Å². The van der Waals surface area contributed by atoms with Gasteiger partial charge in [0.2, 0.25) is 5.13 Å². The molecule has 2 aromatic heterocycles. The predicted octanol–water partition coefficient (Wildman–Crippen LogP) is 2.75. The fourth-order valence-electron chi connectivity index (χ4n) is 3.34. The molecule has 2 aliphatic rings. The topological polar surface area (TPSA) is 54.4 Å². The lowest BCUT2D eigenvalue weighted by atomic mass is 10.3. The third kappa shape index (κ3) is 3.17. The molecule has 0 saturated carbocycles. The maximum absolute atomic E-state index is 6.31. The molecule has 7 heteroatoms. The van der Waals surface area contributed by atoms with Crippen molar-refractivity contribution in [1.29, 1.82) is 0 Å². The fraction of sp³-hybridized carbons (Fsp3) is 0.588. The van der Waals surface area contributed by atoms with Gasteiger partial charge in [-0.3, -0.25) is 0 Å². The molecule has 2 fully saturated rings. The van der Waals surface area contributed by atoms with Crippen molar-refractivity contribution >= 4 is 22.5 Å². The van der Waals surface area contributed by atoms with E-state index in [1.54, 1.807) is 0 Å². The standard InChI is InChI=1S/C17H23N5OS/c1-2-15-19-17(24-20-15)22-11-7-13(12-22)23-14-6-5-8-18-16(14)21-9-3-4-10-21/h5-6,8,13H,2-4,7,9-12H2,1H3. The second kappa shape index (κ2) is 6.93. The lowest BCUT2D eigenvalue weighted by molar-refractivity contribution is 0.224. The van der Waals surface area contributed by atoms with Crippen molar-refractivity contribution in [3.05, 3.63) is 24.2 Å². The molecule has 24 heavy (non-hydrogen) atoms. The number of aromatic nitrogens is 3. The molecule has 1 unspecified atom stereocenters. The number of anilines is 2. The van der Waals surface area contributed by atoms with Crippen LogP contribution in [0.5, 0.6) is 5.75 Å². The average molecular weight is 345 g/mol. The Morgan fingerprint density at radius 2 is 2.12 bits per heavy atom. The smallest absolute Gasteiger partial charge is 0.205 e. The van der Waals surface area contributed by atoms with E-state index in [9.17, 15) is 0 Å². The highest BCUT2D eigenvalue weighted by molar-refractivity contribution is 7.09. The minimum Gasteiger partial charge on any atom is -0.485 e. The molecule has 2 aromatic rings. The maximum Gasteiger partial charge on any atom is 0.205 e. The van der Waals surface area contributed by atoms with Crippen LogP contribution >= 0.6 is 11.5 Å². The van der Waals surface area contributed by atoms with Crippen LogP contribution in [0, 0.1) is 0 Å². The first-order valence-corrected chi connectivity index (χ1v) is 9.55. The number of aryl methyl sites for hydroxylation is 1. The Balaban J connectivity index is 1.43. The number of pyridine rings is 1. The molecular formula is C17H23N5OS. The van der Waals surface area contributed by atoms with E-state index in [0.717, 1.165) is 61.5 Å². The van der Waals surface area contributed by atoms with E-state index in [-0.39, 0.29) is 6.10 Å². The van der Waals surface area contributed by atoms with Crippen LogP contribution in [0.4, 0.5) is 10.9 Å². The average Bonchev–Trinajstić information content (AvgIpc) is 3.36. The zero-order valence-electron chi connectivity index (χ0n) is 14.0. The zero-order chi connectivity index (χ0) is 16.4. The summed E-state index contributed by atoms with van der Waals surface area (Å²) in [5, 5.41) is 1.02. The molecular weight excluding hydrogens is 322 g/mol. The van der Waals surface area contributed by atoms with E-state index in [1.165, 1.54) is 24.4 Å². The van der Waals surface area contributed by atoms with Crippen LogP contribution in [0.15, 0.2) is 18.3 Å². The van der Waals surface area contributed by atoms with Crippen LogP contribution in [-0.2, 0) is 6.42 Å². The summed E-state index contributed by atoms with van der Waals surface area (Å²) in [5.41, 5.74) is 0. The molecule has 1 atom stereocenters. The number of hydrogen-bond donors (Lipinski definition) is 0. The first kappa shape index (κ1) is 15.6. The molecule has 4 rings (SSSR count). The van der Waals surface area contributed by atoms with Crippen LogP contribution < -0.4 is 14.5 Å². The number of rotatable bonds is 5. The summed E-state index contributed by atoms with van der Waals surface area (Å²) in [4.78, 5) is 13.8. The zero-order valence-corrected chi connectivity index (χ0v) is 14.8. The van der Waals surface area contributed by atoms with Crippen molar-refractivity contribution < 1.29 is 4.74 Å². The van der Waals surface area contributed by atoms with Gasteiger partial charge in [-0.2, -0.15) is 4.37 Å². The molecule has 0 aromatic carbocycles. The predicted molar refractivity (Wildman–Crippen MR) is 96.2 cm³/mol. The second-order valence-electron chi connectivity index (χ2n) is 6.34. The van der Waals surface area contributed by atoms with Crippen LogP contribution in [0.1, 0.15) is 32.0 Å². The summed E-state index contributed by atoms with van der Waals surface area (Å²) in [7, 11) is 0. The minimum absolute atomic E-state index is 0.185. The summed E-state index contributed by atoms with van der Waals surface area (Å²) >= 11 is 1.49. The maximum atomic E-state index is 6.31. The van der Waals surface area contributed by atoms with Gasteiger partial charge >= 0.3 is 0 Å².